The summed E-state index contributed by atoms with van der Waals surface area (Å²) in [7, 11) is 3.35. The van der Waals surface area contributed by atoms with Gasteiger partial charge in [-0.05, 0) is 38.0 Å². The highest BCUT2D eigenvalue weighted by Gasteiger charge is 2.26. The lowest BCUT2D eigenvalue weighted by Crippen LogP contribution is -2.33. The minimum Gasteiger partial charge on any atom is -0.355 e. The van der Waals surface area contributed by atoms with E-state index in [0.717, 1.165) is 42.7 Å². The van der Waals surface area contributed by atoms with Gasteiger partial charge in [-0.3, -0.25) is 4.79 Å². The van der Waals surface area contributed by atoms with E-state index in [9.17, 15) is 13.6 Å². The third kappa shape index (κ3) is 4.27. The summed E-state index contributed by atoms with van der Waals surface area (Å²) in [6.45, 7) is 5.80. The molecule has 0 bridgehead atoms. The zero-order valence-corrected chi connectivity index (χ0v) is 16.6. The second-order valence-corrected chi connectivity index (χ2v) is 7.34. The minimum absolute atomic E-state index is 0.191. The summed E-state index contributed by atoms with van der Waals surface area (Å²) in [5.41, 5.74) is 2.44. The summed E-state index contributed by atoms with van der Waals surface area (Å²) < 4.78 is 26.4. The van der Waals surface area contributed by atoms with E-state index in [0.29, 0.717) is 12.1 Å². The highest BCUT2D eigenvalue weighted by molar-refractivity contribution is 5.90. The van der Waals surface area contributed by atoms with Crippen molar-refractivity contribution in [2.75, 3.05) is 32.1 Å². The number of nitrogens with zero attached hydrogens (tertiary/aromatic N) is 4. The van der Waals surface area contributed by atoms with Crippen molar-refractivity contribution in [1.82, 2.24) is 20.2 Å². The Morgan fingerprint density at radius 2 is 2.00 bits per heavy atom. The molecule has 6 nitrogen and oxygen atoms in total. The molecule has 2 heterocycles. The van der Waals surface area contributed by atoms with Gasteiger partial charge >= 0.3 is 0 Å². The highest BCUT2D eigenvalue weighted by Crippen LogP contribution is 2.24. The van der Waals surface area contributed by atoms with Crippen molar-refractivity contribution in [3.63, 3.8) is 0 Å². The first-order chi connectivity index (χ1) is 13.3. The fourth-order valence-electron chi connectivity index (χ4n) is 3.25. The van der Waals surface area contributed by atoms with Gasteiger partial charge in [0.2, 0.25) is 5.82 Å². The van der Waals surface area contributed by atoms with E-state index in [2.05, 4.69) is 20.2 Å². The van der Waals surface area contributed by atoms with E-state index >= 15 is 0 Å². The molecule has 0 saturated carbocycles. The van der Waals surface area contributed by atoms with Crippen LogP contribution in [0.2, 0.25) is 0 Å². The number of nitrogens with one attached hydrogen (secondary N) is 1. The summed E-state index contributed by atoms with van der Waals surface area (Å²) in [6.07, 6.45) is 0.892. The molecule has 150 valence electrons. The number of hydrogen-bond donors (Lipinski definition) is 1. The second-order valence-electron chi connectivity index (χ2n) is 7.34. The molecule has 3 rings (SSSR count). The van der Waals surface area contributed by atoms with Gasteiger partial charge in [-0.25, -0.2) is 18.7 Å². The smallest absolute Gasteiger partial charge is 0.291 e. The average molecular weight is 389 g/mol. The number of carbonyl (C=O) groups excluding carboxylic acids is 1. The van der Waals surface area contributed by atoms with Gasteiger partial charge in [0.1, 0.15) is 5.82 Å². The molecule has 0 radical (unpaired) electrons. The van der Waals surface area contributed by atoms with Crippen molar-refractivity contribution >= 4 is 11.7 Å². The van der Waals surface area contributed by atoms with Crippen LogP contribution in [-0.2, 0) is 6.54 Å². The molecule has 1 N–H and O–H groups in total. The highest BCUT2D eigenvalue weighted by atomic mass is 19.2. The van der Waals surface area contributed by atoms with Gasteiger partial charge in [0.05, 0.1) is 0 Å². The topological polar surface area (TPSA) is 61.4 Å². The zero-order chi connectivity index (χ0) is 20.4. The van der Waals surface area contributed by atoms with Crippen LogP contribution >= 0.6 is 0 Å². The number of carbonyl (C=O) groups is 1. The SMILES string of the molecule is Cc1nc(C(=O)N(C)C)nc(N2CC[C@@H](NCc3ccc(F)c(F)c3)C2)c1C. The van der Waals surface area contributed by atoms with E-state index in [1.54, 1.807) is 20.2 Å². The van der Waals surface area contributed by atoms with Gasteiger partial charge in [-0.2, -0.15) is 0 Å². The number of aryl methyl sites for hydroxylation is 1. The average Bonchev–Trinajstić information content (AvgIpc) is 3.13. The van der Waals surface area contributed by atoms with Gasteiger partial charge in [-0.1, -0.05) is 6.07 Å². The molecule has 1 fully saturated rings. The zero-order valence-electron chi connectivity index (χ0n) is 16.6. The first kappa shape index (κ1) is 20.1. The normalized spacial score (nSPS) is 16.5. The molecule has 1 aliphatic heterocycles. The van der Waals surface area contributed by atoms with Crippen LogP contribution in [0, 0.1) is 25.5 Å². The number of anilines is 1. The van der Waals surface area contributed by atoms with E-state index in [1.807, 2.05) is 13.8 Å². The molecule has 2 aromatic rings. The monoisotopic (exact) mass is 389 g/mol. The Labute approximate surface area is 163 Å². The van der Waals surface area contributed by atoms with Gasteiger partial charge < -0.3 is 15.1 Å². The van der Waals surface area contributed by atoms with Crippen molar-refractivity contribution in [1.29, 1.82) is 0 Å². The molecule has 1 aromatic carbocycles. The quantitative estimate of drug-likeness (QED) is 0.851. The van der Waals surface area contributed by atoms with Gasteiger partial charge in [0, 0.05) is 51.0 Å². The molecular weight excluding hydrogens is 364 g/mol. The van der Waals surface area contributed by atoms with E-state index < -0.39 is 11.6 Å². The Morgan fingerprint density at radius 3 is 2.68 bits per heavy atom. The number of rotatable bonds is 5. The predicted octanol–water partition coefficient (Wildman–Crippen LogP) is 2.44. The lowest BCUT2D eigenvalue weighted by atomic mass is 10.2. The molecule has 1 atom stereocenters. The van der Waals surface area contributed by atoms with Crippen LogP contribution in [0.1, 0.15) is 33.9 Å². The maximum atomic E-state index is 13.3. The van der Waals surface area contributed by atoms with Crippen molar-refractivity contribution < 1.29 is 13.6 Å². The van der Waals surface area contributed by atoms with Crippen molar-refractivity contribution in [2.24, 2.45) is 0 Å². The molecule has 1 aromatic heterocycles. The summed E-state index contributed by atoms with van der Waals surface area (Å²) in [5, 5.41) is 3.38. The molecule has 0 aliphatic carbocycles. The van der Waals surface area contributed by atoms with Gasteiger partial charge in [0.15, 0.2) is 11.6 Å². The second kappa shape index (κ2) is 8.18. The van der Waals surface area contributed by atoms with Gasteiger partial charge in [-0.15, -0.1) is 0 Å². The van der Waals surface area contributed by atoms with Crippen LogP contribution < -0.4 is 10.2 Å². The first-order valence-corrected chi connectivity index (χ1v) is 9.25. The lowest BCUT2D eigenvalue weighted by Gasteiger charge is -2.22. The van der Waals surface area contributed by atoms with Crippen molar-refractivity contribution in [2.45, 2.75) is 32.9 Å². The predicted molar refractivity (Wildman–Crippen MR) is 103 cm³/mol. The number of amides is 1. The van der Waals surface area contributed by atoms with Gasteiger partial charge in [0.25, 0.3) is 5.91 Å². The maximum Gasteiger partial charge on any atom is 0.291 e. The molecule has 1 saturated heterocycles. The fourth-order valence-corrected chi connectivity index (χ4v) is 3.25. The Balaban J connectivity index is 1.69. The Morgan fingerprint density at radius 1 is 1.25 bits per heavy atom. The van der Waals surface area contributed by atoms with E-state index in [1.165, 1.54) is 11.0 Å². The Kier molecular flexibility index (Phi) is 5.88. The summed E-state index contributed by atoms with van der Waals surface area (Å²) >= 11 is 0. The molecule has 1 aliphatic rings. The van der Waals surface area contributed by atoms with Crippen LogP contribution in [0.25, 0.3) is 0 Å². The summed E-state index contributed by atoms with van der Waals surface area (Å²) in [4.78, 5) is 24.7. The standard InChI is InChI=1S/C20H25F2N5O/c1-12-13(2)24-18(20(28)26(3)4)25-19(12)27-8-7-15(11-27)23-10-14-5-6-16(21)17(22)9-14/h5-6,9,15,23H,7-8,10-11H2,1-4H3/t15-/m1/s1. The fraction of sp³-hybridized carbons (Fsp3) is 0.450. The molecule has 8 heteroatoms. The number of halogens is 2. The maximum absolute atomic E-state index is 13.3. The van der Waals surface area contributed by atoms with Crippen LogP contribution in [-0.4, -0.2) is 54.0 Å². The van der Waals surface area contributed by atoms with Crippen LogP contribution in [0.4, 0.5) is 14.6 Å². The summed E-state index contributed by atoms with van der Waals surface area (Å²) in [5.74, 6) is -0.932. The molecule has 28 heavy (non-hydrogen) atoms. The minimum atomic E-state index is -0.839. The van der Waals surface area contributed by atoms with Crippen LogP contribution in [0.15, 0.2) is 18.2 Å². The van der Waals surface area contributed by atoms with Crippen molar-refractivity contribution in [3.8, 4) is 0 Å². The largest absolute Gasteiger partial charge is 0.355 e. The lowest BCUT2D eigenvalue weighted by molar-refractivity contribution is 0.0815. The number of benzene rings is 1. The first-order valence-electron chi connectivity index (χ1n) is 9.25. The number of hydrogen-bond acceptors (Lipinski definition) is 5. The third-order valence-corrected chi connectivity index (χ3v) is 5.03. The molecule has 1 amide bonds. The van der Waals surface area contributed by atoms with E-state index in [-0.39, 0.29) is 17.8 Å². The third-order valence-electron chi connectivity index (χ3n) is 5.03. The van der Waals surface area contributed by atoms with E-state index in [4.69, 9.17) is 0 Å². The Bertz CT molecular complexity index is 887. The summed E-state index contributed by atoms with van der Waals surface area (Å²) in [6, 6.07) is 4.13. The van der Waals surface area contributed by atoms with Crippen molar-refractivity contribution in [3.05, 3.63) is 52.5 Å². The molecule has 0 spiro atoms. The number of aromatic nitrogens is 2. The molecule has 0 unspecified atom stereocenters. The van der Waals surface area contributed by atoms with Crippen LogP contribution in [0.5, 0.6) is 0 Å². The molecular formula is C20H25F2N5O. The van der Waals surface area contributed by atoms with Crippen LogP contribution in [0.3, 0.4) is 0 Å². The Hall–Kier alpha value is -2.61.